The first kappa shape index (κ1) is 17.3. The van der Waals surface area contributed by atoms with Crippen molar-refractivity contribution in [3.63, 3.8) is 0 Å². The van der Waals surface area contributed by atoms with E-state index in [1.165, 1.54) is 35.4 Å². The maximum absolute atomic E-state index is 12.7. The Morgan fingerprint density at radius 3 is 2.72 bits per heavy atom. The van der Waals surface area contributed by atoms with Crippen molar-refractivity contribution in [2.75, 3.05) is 7.11 Å². The highest BCUT2D eigenvalue weighted by molar-refractivity contribution is 7.18. The smallest absolute Gasteiger partial charge is 0.387 e. The second kappa shape index (κ2) is 6.79. The van der Waals surface area contributed by atoms with E-state index in [0.29, 0.717) is 10.9 Å². The lowest BCUT2D eigenvalue weighted by atomic mass is 10.2. The normalized spacial score (nSPS) is 11.3. The molecule has 2 aromatic heterocycles. The van der Waals surface area contributed by atoms with Crippen molar-refractivity contribution in [1.29, 1.82) is 0 Å². The molecule has 0 aliphatic rings. The first-order chi connectivity index (χ1) is 11.9. The summed E-state index contributed by atoms with van der Waals surface area (Å²) in [5.41, 5.74) is 1.52. The van der Waals surface area contributed by atoms with E-state index >= 15 is 0 Å². The predicted octanol–water partition coefficient (Wildman–Crippen LogP) is 3.73. The average Bonchev–Trinajstić information content (AvgIpc) is 2.86. The van der Waals surface area contributed by atoms with Gasteiger partial charge >= 0.3 is 6.61 Å². The Balaban J connectivity index is 1.97. The van der Waals surface area contributed by atoms with Crippen LogP contribution in [-0.4, -0.2) is 23.3 Å². The average molecular weight is 366 g/mol. The van der Waals surface area contributed by atoms with Gasteiger partial charge in [-0.05, 0) is 37.1 Å². The fourth-order valence-corrected chi connectivity index (χ4v) is 3.57. The number of hydrogen-bond acceptors (Lipinski definition) is 5. The SMILES string of the molecule is COc1cc(Cn2cnc3sc(C)c(C)c3c2=O)ccc1OC(F)F. The molecule has 8 heteroatoms. The molecule has 0 aliphatic heterocycles. The fraction of sp³-hybridized carbons (Fsp3) is 0.294. The van der Waals surface area contributed by atoms with Gasteiger partial charge in [-0.15, -0.1) is 11.3 Å². The summed E-state index contributed by atoms with van der Waals surface area (Å²) in [7, 11) is 1.37. The first-order valence-electron chi connectivity index (χ1n) is 7.47. The number of thiophene rings is 1. The second-order valence-corrected chi connectivity index (χ2v) is 6.71. The Kier molecular flexibility index (Phi) is 4.71. The van der Waals surface area contributed by atoms with Gasteiger partial charge in [0.25, 0.3) is 5.56 Å². The summed E-state index contributed by atoms with van der Waals surface area (Å²) in [6.45, 7) is 1.18. The summed E-state index contributed by atoms with van der Waals surface area (Å²) in [5, 5.41) is 0.620. The number of benzene rings is 1. The van der Waals surface area contributed by atoms with E-state index in [4.69, 9.17) is 4.74 Å². The molecule has 0 saturated heterocycles. The topological polar surface area (TPSA) is 53.4 Å². The molecule has 3 rings (SSSR count). The van der Waals surface area contributed by atoms with Crippen molar-refractivity contribution in [3.05, 3.63) is 50.9 Å². The zero-order chi connectivity index (χ0) is 18.1. The Morgan fingerprint density at radius 1 is 1.28 bits per heavy atom. The zero-order valence-corrected chi connectivity index (χ0v) is 14.7. The largest absolute Gasteiger partial charge is 0.493 e. The third-order valence-corrected chi connectivity index (χ3v) is 5.07. The molecule has 3 aromatic rings. The standard InChI is InChI=1S/C17H16F2N2O3S/c1-9-10(2)25-15-14(9)16(22)21(8-20-15)7-11-4-5-12(24-17(18)19)13(6-11)23-3/h4-6,8,17H,7H2,1-3H3. The summed E-state index contributed by atoms with van der Waals surface area (Å²) >= 11 is 1.49. The van der Waals surface area contributed by atoms with E-state index in [-0.39, 0.29) is 23.6 Å². The lowest BCUT2D eigenvalue weighted by Crippen LogP contribution is -2.21. The van der Waals surface area contributed by atoms with E-state index in [9.17, 15) is 13.6 Å². The number of hydrogen-bond donors (Lipinski definition) is 0. The molecular weight excluding hydrogens is 350 g/mol. The fourth-order valence-electron chi connectivity index (χ4n) is 2.58. The minimum absolute atomic E-state index is 0.0496. The number of halogens is 2. The number of aromatic nitrogens is 2. The Morgan fingerprint density at radius 2 is 2.04 bits per heavy atom. The molecule has 1 aromatic carbocycles. The molecule has 5 nitrogen and oxygen atoms in total. The van der Waals surface area contributed by atoms with Gasteiger partial charge in [0.1, 0.15) is 4.83 Å². The van der Waals surface area contributed by atoms with Gasteiger partial charge in [0.15, 0.2) is 11.5 Å². The molecular formula is C17H16F2N2O3S. The van der Waals surface area contributed by atoms with Gasteiger partial charge in [-0.25, -0.2) is 4.98 Å². The number of methoxy groups -OCH3 is 1. The summed E-state index contributed by atoms with van der Waals surface area (Å²) < 4.78 is 35.8. The van der Waals surface area contributed by atoms with Crippen LogP contribution in [0.3, 0.4) is 0 Å². The highest BCUT2D eigenvalue weighted by Gasteiger charge is 2.14. The molecule has 0 unspecified atom stereocenters. The number of rotatable bonds is 5. The van der Waals surface area contributed by atoms with Crippen LogP contribution in [0.15, 0.2) is 29.3 Å². The minimum Gasteiger partial charge on any atom is -0.493 e. The number of ether oxygens (including phenoxy) is 2. The third kappa shape index (κ3) is 3.34. The molecule has 2 heterocycles. The lowest BCUT2D eigenvalue weighted by Gasteiger charge is -2.12. The van der Waals surface area contributed by atoms with Crippen molar-refractivity contribution < 1.29 is 18.3 Å². The van der Waals surface area contributed by atoms with Crippen LogP contribution in [0.5, 0.6) is 11.5 Å². The summed E-state index contributed by atoms with van der Waals surface area (Å²) in [5.74, 6) is 0.133. The number of aryl methyl sites for hydroxylation is 2. The molecule has 0 fully saturated rings. The highest BCUT2D eigenvalue weighted by atomic mass is 32.1. The van der Waals surface area contributed by atoms with Gasteiger partial charge < -0.3 is 9.47 Å². The van der Waals surface area contributed by atoms with Crippen LogP contribution >= 0.6 is 11.3 Å². The third-order valence-electron chi connectivity index (χ3n) is 3.95. The molecule has 0 N–H and O–H groups in total. The maximum atomic E-state index is 12.7. The summed E-state index contributed by atoms with van der Waals surface area (Å²) in [6, 6.07) is 4.58. The van der Waals surface area contributed by atoms with Crippen LogP contribution in [0.2, 0.25) is 0 Å². The molecule has 0 bridgehead atoms. The van der Waals surface area contributed by atoms with Gasteiger partial charge in [0.05, 0.1) is 25.4 Å². The molecule has 132 valence electrons. The lowest BCUT2D eigenvalue weighted by molar-refractivity contribution is -0.0512. The first-order valence-corrected chi connectivity index (χ1v) is 8.29. The van der Waals surface area contributed by atoms with Crippen molar-refractivity contribution in [2.45, 2.75) is 27.0 Å². The van der Waals surface area contributed by atoms with Gasteiger partial charge in [-0.1, -0.05) is 6.07 Å². The minimum atomic E-state index is -2.93. The van der Waals surface area contributed by atoms with Gasteiger partial charge in [-0.2, -0.15) is 8.78 Å². The van der Waals surface area contributed by atoms with E-state index < -0.39 is 6.61 Å². The number of fused-ring (bicyclic) bond motifs is 1. The van der Waals surface area contributed by atoms with E-state index in [2.05, 4.69) is 9.72 Å². The van der Waals surface area contributed by atoms with Gasteiger partial charge in [0.2, 0.25) is 0 Å². The highest BCUT2D eigenvalue weighted by Crippen LogP contribution is 2.30. The van der Waals surface area contributed by atoms with Crippen LogP contribution in [0, 0.1) is 13.8 Å². The molecule has 0 aliphatic carbocycles. The molecule has 25 heavy (non-hydrogen) atoms. The molecule has 0 amide bonds. The van der Waals surface area contributed by atoms with E-state index in [0.717, 1.165) is 15.3 Å². The summed E-state index contributed by atoms with van der Waals surface area (Å²) in [6.07, 6.45) is 1.50. The van der Waals surface area contributed by atoms with Gasteiger partial charge in [-0.3, -0.25) is 9.36 Å². The number of nitrogens with zero attached hydrogens (tertiary/aromatic N) is 2. The van der Waals surface area contributed by atoms with E-state index in [1.807, 2.05) is 13.8 Å². The monoisotopic (exact) mass is 366 g/mol. The van der Waals surface area contributed by atoms with Crippen LogP contribution in [-0.2, 0) is 6.54 Å². The molecule has 0 radical (unpaired) electrons. The Labute approximate surface area is 146 Å². The number of alkyl halides is 2. The Bertz CT molecular complexity index is 982. The van der Waals surface area contributed by atoms with Crippen molar-refractivity contribution in [2.24, 2.45) is 0 Å². The van der Waals surface area contributed by atoms with Crippen LogP contribution in [0.4, 0.5) is 8.78 Å². The van der Waals surface area contributed by atoms with Crippen LogP contribution in [0.1, 0.15) is 16.0 Å². The van der Waals surface area contributed by atoms with Crippen molar-refractivity contribution in [3.8, 4) is 11.5 Å². The van der Waals surface area contributed by atoms with Gasteiger partial charge in [0, 0.05) is 4.88 Å². The molecule has 0 spiro atoms. The maximum Gasteiger partial charge on any atom is 0.387 e. The van der Waals surface area contributed by atoms with Crippen LogP contribution < -0.4 is 15.0 Å². The van der Waals surface area contributed by atoms with Crippen molar-refractivity contribution in [1.82, 2.24) is 9.55 Å². The van der Waals surface area contributed by atoms with Crippen molar-refractivity contribution >= 4 is 21.6 Å². The Hall–Kier alpha value is -2.48. The second-order valence-electron chi connectivity index (χ2n) is 5.50. The van der Waals surface area contributed by atoms with Crippen LogP contribution in [0.25, 0.3) is 10.2 Å². The molecule has 0 saturated carbocycles. The van der Waals surface area contributed by atoms with E-state index in [1.54, 1.807) is 12.1 Å². The molecule has 0 atom stereocenters. The quantitative estimate of drug-likeness (QED) is 0.690. The zero-order valence-electron chi connectivity index (χ0n) is 13.9. The predicted molar refractivity (Wildman–Crippen MR) is 92.1 cm³/mol. The summed E-state index contributed by atoms with van der Waals surface area (Å²) in [4.78, 5) is 18.8.